The molecule has 0 saturated carbocycles. The van der Waals surface area contributed by atoms with Crippen molar-refractivity contribution in [2.75, 3.05) is 13.1 Å². The Morgan fingerprint density at radius 1 is 1.26 bits per heavy atom. The molecule has 0 aromatic heterocycles. The lowest BCUT2D eigenvalue weighted by atomic mass is 10.0. The van der Waals surface area contributed by atoms with E-state index in [1.807, 2.05) is 0 Å². The summed E-state index contributed by atoms with van der Waals surface area (Å²) in [6.07, 6.45) is 2.13. The molecule has 0 spiro atoms. The fourth-order valence-electron chi connectivity index (χ4n) is 2.56. The Morgan fingerprint density at radius 3 is 2.58 bits per heavy atom. The van der Waals surface area contributed by atoms with Crippen molar-refractivity contribution in [2.24, 2.45) is 0 Å². The fourth-order valence-corrected chi connectivity index (χ4v) is 2.56. The van der Waals surface area contributed by atoms with Crippen LogP contribution in [0.5, 0.6) is 0 Å². The van der Waals surface area contributed by atoms with Crippen LogP contribution in [0.4, 0.5) is 8.78 Å². The first-order valence-corrected chi connectivity index (χ1v) is 6.98. The molecule has 106 valence electrons. The maximum Gasteiger partial charge on any atom is 0.163 e. The van der Waals surface area contributed by atoms with Gasteiger partial charge in [-0.3, -0.25) is 0 Å². The molecule has 2 nitrogen and oxygen atoms in total. The van der Waals surface area contributed by atoms with Gasteiger partial charge in [0.15, 0.2) is 11.6 Å². The van der Waals surface area contributed by atoms with Gasteiger partial charge in [0, 0.05) is 24.2 Å². The van der Waals surface area contributed by atoms with E-state index < -0.39 is 11.6 Å². The van der Waals surface area contributed by atoms with Crippen molar-refractivity contribution in [3.8, 4) is 0 Å². The molecule has 1 aliphatic rings. The number of likely N-dealkylation sites (tertiary alicyclic amines) is 1. The molecule has 0 aliphatic carbocycles. The third-order valence-electron chi connectivity index (χ3n) is 3.87. The highest BCUT2D eigenvalue weighted by Gasteiger charge is 2.20. The van der Waals surface area contributed by atoms with Crippen molar-refractivity contribution in [3.05, 3.63) is 35.4 Å². The second kappa shape index (κ2) is 6.44. The van der Waals surface area contributed by atoms with Crippen LogP contribution in [0.3, 0.4) is 0 Å². The molecule has 4 heteroatoms. The molecule has 1 fully saturated rings. The topological polar surface area (TPSA) is 15.3 Å². The van der Waals surface area contributed by atoms with E-state index >= 15 is 0 Å². The second-order valence-electron chi connectivity index (χ2n) is 5.50. The number of hydrogen-bond donors (Lipinski definition) is 1. The minimum atomic E-state index is -0.770. The van der Waals surface area contributed by atoms with E-state index in [4.69, 9.17) is 0 Å². The van der Waals surface area contributed by atoms with E-state index in [-0.39, 0.29) is 0 Å². The molecule has 0 bridgehead atoms. The Morgan fingerprint density at radius 2 is 1.95 bits per heavy atom. The second-order valence-corrected chi connectivity index (χ2v) is 5.50. The summed E-state index contributed by atoms with van der Waals surface area (Å²) < 4.78 is 26.6. The predicted octanol–water partition coefficient (Wildman–Crippen LogP) is 2.93. The molecule has 1 saturated heterocycles. The number of nitrogens with zero attached hydrogens (tertiary/aromatic N) is 1. The standard InChI is InChI=1S/C15H22F2N2/c1-11(2)19-8-6-13(7-9-19)18-10-12-4-3-5-14(16)15(12)17/h3-5,11,13,18H,6-10H2,1-2H3. The SMILES string of the molecule is CC(C)N1CCC(NCc2cccc(F)c2F)CC1. The van der Waals surface area contributed by atoms with Gasteiger partial charge >= 0.3 is 0 Å². The molecular weight excluding hydrogens is 246 g/mol. The highest BCUT2D eigenvalue weighted by Crippen LogP contribution is 2.15. The van der Waals surface area contributed by atoms with Gasteiger partial charge in [0.05, 0.1) is 0 Å². The predicted molar refractivity (Wildman–Crippen MR) is 72.9 cm³/mol. The van der Waals surface area contributed by atoms with Crippen LogP contribution in [0.1, 0.15) is 32.3 Å². The molecule has 0 radical (unpaired) electrons. The van der Waals surface area contributed by atoms with Crippen LogP contribution < -0.4 is 5.32 Å². The summed E-state index contributed by atoms with van der Waals surface area (Å²) in [5.74, 6) is -1.50. The molecule has 1 aromatic rings. The summed E-state index contributed by atoms with van der Waals surface area (Å²) in [5.41, 5.74) is 0.409. The first kappa shape index (κ1) is 14.4. The first-order valence-electron chi connectivity index (χ1n) is 6.98. The van der Waals surface area contributed by atoms with Crippen LogP contribution in [0.25, 0.3) is 0 Å². The third-order valence-corrected chi connectivity index (χ3v) is 3.87. The third kappa shape index (κ3) is 3.74. The van der Waals surface area contributed by atoms with Gasteiger partial charge in [-0.15, -0.1) is 0 Å². The van der Waals surface area contributed by atoms with Gasteiger partial charge in [-0.1, -0.05) is 12.1 Å². The summed E-state index contributed by atoms with van der Waals surface area (Å²) in [7, 11) is 0. The summed E-state index contributed by atoms with van der Waals surface area (Å²) in [5, 5.41) is 3.33. The largest absolute Gasteiger partial charge is 0.310 e. The van der Waals surface area contributed by atoms with Crippen molar-refractivity contribution >= 4 is 0 Å². The number of piperidine rings is 1. The summed E-state index contributed by atoms with van der Waals surface area (Å²) >= 11 is 0. The summed E-state index contributed by atoms with van der Waals surface area (Å²) in [6, 6.07) is 5.32. The van der Waals surface area contributed by atoms with Gasteiger partial charge in [0.1, 0.15) is 0 Å². The Kier molecular flexibility index (Phi) is 4.88. The van der Waals surface area contributed by atoms with Gasteiger partial charge in [-0.25, -0.2) is 8.78 Å². The van der Waals surface area contributed by atoms with Gasteiger partial charge in [-0.2, -0.15) is 0 Å². The quantitative estimate of drug-likeness (QED) is 0.903. The number of halogens is 2. The fraction of sp³-hybridized carbons (Fsp3) is 0.600. The Hall–Kier alpha value is -1.00. The van der Waals surface area contributed by atoms with Crippen molar-refractivity contribution in [1.82, 2.24) is 10.2 Å². The molecular formula is C15H22F2N2. The number of nitrogens with one attached hydrogen (secondary N) is 1. The van der Waals surface area contributed by atoms with E-state index in [1.54, 1.807) is 12.1 Å². The minimum Gasteiger partial charge on any atom is -0.310 e. The van der Waals surface area contributed by atoms with Crippen LogP contribution in [-0.2, 0) is 6.54 Å². The average Bonchev–Trinajstić information content (AvgIpc) is 2.41. The summed E-state index contributed by atoms with van der Waals surface area (Å²) in [6.45, 7) is 6.95. The van der Waals surface area contributed by atoms with E-state index in [2.05, 4.69) is 24.1 Å². The Labute approximate surface area is 113 Å². The zero-order valence-electron chi connectivity index (χ0n) is 11.6. The molecule has 0 atom stereocenters. The molecule has 1 N–H and O–H groups in total. The van der Waals surface area contributed by atoms with Crippen LogP contribution in [0, 0.1) is 11.6 Å². The monoisotopic (exact) mass is 268 g/mol. The van der Waals surface area contributed by atoms with E-state index in [0.717, 1.165) is 32.0 Å². The lowest BCUT2D eigenvalue weighted by molar-refractivity contribution is 0.160. The average molecular weight is 268 g/mol. The molecule has 1 heterocycles. The van der Waals surface area contributed by atoms with Crippen molar-refractivity contribution < 1.29 is 8.78 Å². The molecule has 0 unspecified atom stereocenters. The van der Waals surface area contributed by atoms with E-state index in [9.17, 15) is 8.78 Å². The lowest BCUT2D eigenvalue weighted by Gasteiger charge is -2.35. The van der Waals surface area contributed by atoms with Crippen LogP contribution in [0.2, 0.25) is 0 Å². The van der Waals surface area contributed by atoms with Crippen molar-refractivity contribution in [1.29, 1.82) is 0 Å². The molecule has 2 rings (SSSR count). The smallest absolute Gasteiger partial charge is 0.163 e. The molecule has 1 aliphatic heterocycles. The van der Waals surface area contributed by atoms with Crippen molar-refractivity contribution in [2.45, 2.75) is 45.3 Å². The van der Waals surface area contributed by atoms with Gasteiger partial charge < -0.3 is 10.2 Å². The highest BCUT2D eigenvalue weighted by atomic mass is 19.2. The minimum absolute atomic E-state index is 0.399. The maximum absolute atomic E-state index is 13.5. The van der Waals surface area contributed by atoms with Gasteiger partial charge in [0.2, 0.25) is 0 Å². The first-order chi connectivity index (χ1) is 9.08. The van der Waals surface area contributed by atoms with Crippen LogP contribution >= 0.6 is 0 Å². The van der Waals surface area contributed by atoms with Gasteiger partial charge in [0.25, 0.3) is 0 Å². The highest BCUT2D eigenvalue weighted by molar-refractivity contribution is 5.18. The van der Waals surface area contributed by atoms with E-state index in [0.29, 0.717) is 24.2 Å². The Bertz CT molecular complexity index is 413. The molecule has 0 amide bonds. The number of hydrogen-bond acceptors (Lipinski definition) is 2. The summed E-state index contributed by atoms with van der Waals surface area (Å²) in [4.78, 5) is 2.45. The normalized spacial score (nSPS) is 18.2. The maximum atomic E-state index is 13.5. The molecule has 19 heavy (non-hydrogen) atoms. The zero-order valence-corrected chi connectivity index (χ0v) is 11.6. The molecule has 1 aromatic carbocycles. The van der Waals surface area contributed by atoms with Crippen molar-refractivity contribution in [3.63, 3.8) is 0 Å². The van der Waals surface area contributed by atoms with E-state index in [1.165, 1.54) is 0 Å². The zero-order chi connectivity index (χ0) is 13.8. The number of rotatable bonds is 4. The van der Waals surface area contributed by atoms with Gasteiger partial charge in [-0.05, 0) is 45.8 Å². The number of benzene rings is 1. The van der Waals surface area contributed by atoms with Crippen LogP contribution in [-0.4, -0.2) is 30.1 Å². The van der Waals surface area contributed by atoms with Crippen LogP contribution in [0.15, 0.2) is 18.2 Å². The Balaban J connectivity index is 1.82. The lowest BCUT2D eigenvalue weighted by Crippen LogP contribution is -2.44.